The Labute approximate surface area is 148 Å². The van der Waals surface area contributed by atoms with Crippen LogP contribution < -0.4 is 10.3 Å². The number of aromatic carboxylic acids is 1. The molecule has 4 aliphatic rings. The Bertz CT molecular complexity index is 998. The Hall–Kier alpha value is -2.41. The number of nitrogens with zero attached hydrogens (tertiary/aromatic N) is 2. The molecule has 6 nitrogen and oxygen atoms in total. The number of carboxylic acid groups (broad SMARTS) is 1. The molecule has 2 bridgehead atoms. The number of pyridine rings is 1. The van der Waals surface area contributed by atoms with Gasteiger partial charge < -0.3 is 19.7 Å². The number of fused-ring (bicyclic) bond motifs is 1. The van der Waals surface area contributed by atoms with Gasteiger partial charge in [0.05, 0.1) is 17.3 Å². The zero-order chi connectivity index (χ0) is 18.2. The molecule has 4 fully saturated rings. The number of aliphatic hydroxyl groups excluding tert-OH is 1. The van der Waals surface area contributed by atoms with Gasteiger partial charge in [-0.25, -0.2) is 9.18 Å². The number of anilines is 1. The third-order valence-corrected chi connectivity index (χ3v) is 6.32. The third-order valence-electron chi connectivity index (χ3n) is 6.32. The maximum absolute atomic E-state index is 14.7. The van der Waals surface area contributed by atoms with Crippen LogP contribution in [0.5, 0.6) is 0 Å². The SMILES string of the molecule is O=C(O)c1cn(C23CC(C2)C3)c2cc(N3CCC(O)C3)c(F)cc2c1=O. The van der Waals surface area contributed by atoms with Crippen molar-refractivity contribution < 1.29 is 19.4 Å². The Balaban J connectivity index is 1.76. The highest BCUT2D eigenvalue weighted by Crippen LogP contribution is 2.62. The molecule has 2 N–H and O–H groups in total. The van der Waals surface area contributed by atoms with Crippen molar-refractivity contribution in [3.05, 3.63) is 39.9 Å². The van der Waals surface area contributed by atoms with Gasteiger partial charge in [-0.05, 0) is 43.7 Å². The fourth-order valence-electron chi connectivity index (χ4n) is 4.81. The second-order valence-electron chi connectivity index (χ2n) is 7.96. The Morgan fingerprint density at radius 1 is 1.27 bits per heavy atom. The molecule has 3 aliphatic carbocycles. The van der Waals surface area contributed by atoms with Crippen molar-refractivity contribution in [1.82, 2.24) is 4.57 Å². The van der Waals surface area contributed by atoms with Crippen LogP contribution in [-0.2, 0) is 5.54 Å². The number of rotatable bonds is 3. The van der Waals surface area contributed by atoms with E-state index in [1.807, 2.05) is 4.57 Å². The molecule has 0 radical (unpaired) electrons. The number of aliphatic hydroxyl groups is 1. The first-order chi connectivity index (χ1) is 12.4. The van der Waals surface area contributed by atoms with E-state index in [2.05, 4.69) is 0 Å². The van der Waals surface area contributed by atoms with Crippen molar-refractivity contribution in [2.45, 2.75) is 37.3 Å². The molecule has 1 aromatic heterocycles. The lowest BCUT2D eigenvalue weighted by Gasteiger charge is -2.63. The molecule has 1 atom stereocenters. The molecule has 7 heteroatoms. The molecule has 2 heterocycles. The summed E-state index contributed by atoms with van der Waals surface area (Å²) in [4.78, 5) is 25.9. The highest BCUT2D eigenvalue weighted by molar-refractivity contribution is 5.93. The van der Waals surface area contributed by atoms with E-state index in [0.29, 0.717) is 36.6 Å². The number of hydrogen-bond donors (Lipinski definition) is 2. The highest BCUT2D eigenvalue weighted by Gasteiger charge is 2.58. The largest absolute Gasteiger partial charge is 0.477 e. The summed E-state index contributed by atoms with van der Waals surface area (Å²) in [7, 11) is 0. The second kappa shape index (κ2) is 5.07. The van der Waals surface area contributed by atoms with E-state index in [1.165, 1.54) is 6.20 Å². The van der Waals surface area contributed by atoms with Crippen LogP contribution in [0, 0.1) is 11.7 Å². The Kier molecular flexibility index (Phi) is 3.08. The van der Waals surface area contributed by atoms with E-state index in [0.717, 1.165) is 25.3 Å². The number of benzene rings is 1. The van der Waals surface area contributed by atoms with Crippen molar-refractivity contribution in [3.63, 3.8) is 0 Å². The zero-order valence-corrected chi connectivity index (χ0v) is 14.1. The Morgan fingerprint density at radius 2 is 2.00 bits per heavy atom. The predicted molar refractivity (Wildman–Crippen MR) is 93.3 cm³/mol. The van der Waals surface area contributed by atoms with Gasteiger partial charge in [-0.2, -0.15) is 0 Å². The molecule has 1 aromatic carbocycles. The molecule has 0 amide bonds. The molecular formula is C19H19FN2O4. The van der Waals surface area contributed by atoms with E-state index in [9.17, 15) is 24.2 Å². The van der Waals surface area contributed by atoms with Gasteiger partial charge in [0, 0.05) is 30.2 Å². The average molecular weight is 358 g/mol. The van der Waals surface area contributed by atoms with Gasteiger partial charge in [0.25, 0.3) is 0 Å². The van der Waals surface area contributed by atoms with Gasteiger partial charge in [0.2, 0.25) is 5.43 Å². The quantitative estimate of drug-likeness (QED) is 0.876. The van der Waals surface area contributed by atoms with Crippen LogP contribution in [0.25, 0.3) is 10.9 Å². The van der Waals surface area contributed by atoms with Crippen LogP contribution in [-0.4, -0.2) is 39.9 Å². The van der Waals surface area contributed by atoms with Crippen molar-refractivity contribution in [1.29, 1.82) is 0 Å². The summed E-state index contributed by atoms with van der Waals surface area (Å²) in [5, 5.41) is 19.3. The van der Waals surface area contributed by atoms with Gasteiger partial charge in [-0.15, -0.1) is 0 Å². The molecular weight excluding hydrogens is 339 g/mol. The fraction of sp³-hybridized carbons (Fsp3) is 0.474. The monoisotopic (exact) mass is 358 g/mol. The smallest absolute Gasteiger partial charge is 0.341 e. The molecule has 26 heavy (non-hydrogen) atoms. The van der Waals surface area contributed by atoms with Gasteiger partial charge in [0.15, 0.2) is 0 Å². The normalized spacial score (nSPS) is 29.5. The van der Waals surface area contributed by atoms with Crippen LogP contribution in [0.3, 0.4) is 0 Å². The fourth-order valence-corrected chi connectivity index (χ4v) is 4.81. The molecule has 1 aliphatic heterocycles. The lowest BCUT2D eigenvalue weighted by molar-refractivity contribution is -0.0860. The standard InChI is InChI=1S/C19H19FN2O4/c20-14-3-12-15(4-16(14)21-2-1-11(23)8-21)22(19-5-10(6-19)7-19)9-13(17(12)24)18(25)26/h3-4,9-11,23H,1-2,5-8H2,(H,25,26). The Morgan fingerprint density at radius 3 is 2.54 bits per heavy atom. The lowest BCUT2D eigenvalue weighted by Crippen LogP contribution is -2.59. The minimum atomic E-state index is -1.29. The molecule has 1 unspecified atom stereocenters. The minimum absolute atomic E-state index is 0.107. The first-order valence-corrected chi connectivity index (χ1v) is 8.94. The van der Waals surface area contributed by atoms with Crippen molar-refractivity contribution in [2.75, 3.05) is 18.0 Å². The summed E-state index contributed by atoms with van der Waals surface area (Å²) < 4.78 is 16.6. The molecule has 0 spiro atoms. The van der Waals surface area contributed by atoms with E-state index in [1.54, 1.807) is 11.0 Å². The number of β-amino-alcohol motifs (C(OH)–C–C–N with tert-alkyl or cyclic N) is 1. The van der Waals surface area contributed by atoms with Crippen molar-refractivity contribution in [2.24, 2.45) is 5.92 Å². The zero-order valence-electron chi connectivity index (χ0n) is 14.1. The number of carbonyl (C=O) groups is 1. The first kappa shape index (κ1) is 15.8. The molecule has 136 valence electrons. The topological polar surface area (TPSA) is 82.8 Å². The minimum Gasteiger partial charge on any atom is -0.477 e. The van der Waals surface area contributed by atoms with E-state index in [4.69, 9.17) is 0 Å². The van der Waals surface area contributed by atoms with Crippen molar-refractivity contribution >= 4 is 22.6 Å². The average Bonchev–Trinajstić information content (AvgIpc) is 2.92. The molecule has 1 saturated heterocycles. The molecule has 6 rings (SSSR count). The molecule has 3 saturated carbocycles. The lowest BCUT2D eigenvalue weighted by atomic mass is 9.49. The first-order valence-electron chi connectivity index (χ1n) is 8.94. The maximum Gasteiger partial charge on any atom is 0.341 e. The second-order valence-corrected chi connectivity index (χ2v) is 7.96. The van der Waals surface area contributed by atoms with E-state index in [-0.39, 0.29) is 16.5 Å². The highest BCUT2D eigenvalue weighted by atomic mass is 19.1. The van der Waals surface area contributed by atoms with Crippen LogP contribution in [0.1, 0.15) is 36.0 Å². The number of aromatic nitrogens is 1. The summed E-state index contributed by atoms with van der Waals surface area (Å²) in [5.74, 6) is -1.17. The van der Waals surface area contributed by atoms with E-state index >= 15 is 0 Å². The summed E-state index contributed by atoms with van der Waals surface area (Å²) in [6.45, 7) is 0.904. The molecule has 2 aromatic rings. The number of hydrogen-bond acceptors (Lipinski definition) is 4. The summed E-state index contributed by atoms with van der Waals surface area (Å²) in [6, 6.07) is 2.81. The maximum atomic E-state index is 14.7. The van der Waals surface area contributed by atoms with Gasteiger partial charge in [0.1, 0.15) is 11.4 Å². The number of halogens is 1. The summed E-state index contributed by atoms with van der Waals surface area (Å²) in [6.07, 6.45) is 4.44. The van der Waals surface area contributed by atoms with E-state index < -0.39 is 23.3 Å². The third kappa shape index (κ3) is 2.00. The van der Waals surface area contributed by atoms with Crippen molar-refractivity contribution in [3.8, 4) is 0 Å². The number of carboxylic acids is 1. The van der Waals surface area contributed by atoms with Crippen LogP contribution in [0.2, 0.25) is 0 Å². The van der Waals surface area contributed by atoms with Gasteiger partial charge >= 0.3 is 5.97 Å². The van der Waals surface area contributed by atoms with Gasteiger partial charge in [-0.1, -0.05) is 0 Å². The summed E-state index contributed by atoms with van der Waals surface area (Å²) in [5.41, 5.74) is -0.165. The van der Waals surface area contributed by atoms with Crippen LogP contribution in [0.4, 0.5) is 10.1 Å². The van der Waals surface area contributed by atoms with Crippen LogP contribution >= 0.6 is 0 Å². The predicted octanol–water partition coefficient (Wildman–Crippen LogP) is 1.92. The summed E-state index contributed by atoms with van der Waals surface area (Å²) >= 11 is 0. The van der Waals surface area contributed by atoms with Gasteiger partial charge in [-0.3, -0.25) is 4.79 Å². The van der Waals surface area contributed by atoms with Crippen LogP contribution in [0.15, 0.2) is 23.1 Å².